The van der Waals surface area contributed by atoms with Crippen LogP contribution in [0.5, 0.6) is 0 Å². The lowest BCUT2D eigenvalue weighted by Gasteiger charge is -2.18. The van der Waals surface area contributed by atoms with Crippen LogP contribution in [0.15, 0.2) is 29.2 Å². The van der Waals surface area contributed by atoms with Gasteiger partial charge in [0.2, 0.25) is 0 Å². The van der Waals surface area contributed by atoms with Gasteiger partial charge in [-0.2, -0.15) is 0 Å². The molecule has 2 aromatic rings. The van der Waals surface area contributed by atoms with Gasteiger partial charge in [-0.15, -0.1) is 11.8 Å². The van der Waals surface area contributed by atoms with Crippen molar-refractivity contribution < 1.29 is 0 Å². The van der Waals surface area contributed by atoms with Gasteiger partial charge in [-0.1, -0.05) is 17.7 Å². The highest BCUT2D eigenvalue weighted by Crippen LogP contribution is 2.25. The highest BCUT2D eigenvalue weighted by atomic mass is 35.5. The van der Waals surface area contributed by atoms with Crippen molar-refractivity contribution in [2.75, 3.05) is 6.54 Å². The molecule has 0 saturated heterocycles. The third-order valence-corrected chi connectivity index (χ3v) is 4.58. The summed E-state index contributed by atoms with van der Waals surface area (Å²) in [6.45, 7) is 3.96. The molecule has 3 rings (SSSR count). The molecule has 1 aromatic heterocycles. The quantitative estimate of drug-likeness (QED) is 0.882. The molecular weight excluding hydrogens is 290 g/mol. The number of nitrogens with zero attached hydrogens (tertiary/aromatic N) is 2. The first-order chi connectivity index (χ1) is 9.72. The van der Waals surface area contributed by atoms with E-state index < -0.39 is 0 Å². The zero-order valence-corrected chi connectivity index (χ0v) is 12.9. The van der Waals surface area contributed by atoms with Gasteiger partial charge in [0.1, 0.15) is 5.82 Å². The van der Waals surface area contributed by atoms with Gasteiger partial charge < -0.3 is 5.32 Å². The summed E-state index contributed by atoms with van der Waals surface area (Å²) in [5, 5.41) is 4.13. The van der Waals surface area contributed by atoms with E-state index in [-0.39, 0.29) is 0 Å². The third kappa shape index (κ3) is 3.14. The van der Waals surface area contributed by atoms with Gasteiger partial charge in [0.25, 0.3) is 0 Å². The SMILES string of the molecule is Cc1nc(CSc2cccc(Cl)c2)nc2c1CCNC2. The molecule has 1 aliphatic heterocycles. The summed E-state index contributed by atoms with van der Waals surface area (Å²) < 4.78 is 0. The maximum Gasteiger partial charge on any atom is 0.139 e. The summed E-state index contributed by atoms with van der Waals surface area (Å²) in [5.74, 6) is 1.67. The average Bonchev–Trinajstić information content (AvgIpc) is 2.45. The Labute approximate surface area is 128 Å². The second-order valence-electron chi connectivity index (χ2n) is 4.82. The lowest BCUT2D eigenvalue weighted by atomic mass is 10.1. The molecule has 5 heteroatoms. The molecule has 0 fully saturated rings. The monoisotopic (exact) mass is 305 g/mol. The molecule has 0 bridgehead atoms. The summed E-state index contributed by atoms with van der Waals surface area (Å²) >= 11 is 7.71. The summed E-state index contributed by atoms with van der Waals surface area (Å²) in [6.07, 6.45) is 1.03. The molecule has 2 heterocycles. The van der Waals surface area contributed by atoms with Gasteiger partial charge in [-0.05, 0) is 43.7 Å². The van der Waals surface area contributed by atoms with Crippen molar-refractivity contribution in [3.05, 3.63) is 52.1 Å². The molecular formula is C15H16ClN3S. The standard InChI is InChI=1S/C15H16ClN3S/c1-10-13-5-6-17-8-14(13)19-15(18-10)9-20-12-4-2-3-11(16)7-12/h2-4,7,17H,5-6,8-9H2,1H3. The Morgan fingerprint density at radius 1 is 1.35 bits per heavy atom. The Morgan fingerprint density at radius 3 is 3.10 bits per heavy atom. The smallest absolute Gasteiger partial charge is 0.139 e. The lowest BCUT2D eigenvalue weighted by Crippen LogP contribution is -2.26. The first-order valence-electron chi connectivity index (χ1n) is 6.67. The normalized spacial score (nSPS) is 14.1. The van der Waals surface area contributed by atoms with Gasteiger partial charge in [0.05, 0.1) is 11.4 Å². The fourth-order valence-corrected chi connectivity index (χ4v) is 3.44. The van der Waals surface area contributed by atoms with Crippen LogP contribution in [0.2, 0.25) is 5.02 Å². The summed E-state index contributed by atoms with van der Waals surface area (Å²) in [4.78, 5) is 10.5. The average molecular weight is 306 g/mol. The van der Waals surface area contributed by atoms with Crippen LogP contribution in [0.3, 0.4) is 0 Å². The summed E-state index contributed by atoms with van der Waals surface area (Å²) in [7, 11) is 0. The van der Waals surface area contributed by atoms with E-state index >= 15 is 0 Å². The zero-order chi connectivity index (χ0) is 13.9. The molecule has 0 atom stereocenters. The second-order valence-corrected chi connectivity index (χ2v) is 6.31. The Balaban J connectivity index is 1.76. The maximum atomic E-state index is 5.99. The highest BCUT2D eigenvalue weighted by Gasteiger charge is 2.15. The van der Waals surface area contributed by atoms with E-state index in [0.29, 0.717) is 0 Å². The first kappa shape index (κ1) is 13.9. The first-order valence-corrected chi connectivity index (χ1v) is 8.03. The van der Waals surface area contributed by atoms with E-state index in [1.54, 1.807) is 11.8 Å². The fraction of sp³-hybridized carbons (Fsp3) is 0.333. The number of hydrogen-bond acceptors (Lipinski definition) is 4. The molecule has 20 heavy (non-hydrogen) atoms. The highest BCUT2D eigenvalue weighted by molar-refractivity contribution is 7.98. The van der Waals surface area contributed by atoms with E-state index in [4.69, 9.17) is 11.6 Å². The number of halogens is 1. The summed E-state index contributed by atoms with van der Waals surface area (Å²) in [6, 6.07) is 7.88. The predicted molar refractivity (Wildman–Crippen MR) is 83.2 cm³/mol. The van der Waals surface area contributed by atoms with Crippen molar-refractivity contribution in [1.29, 1.82) is 0 Å². The zero-order valence-electron chi connectivity index (χ0n) is 11.3. The van der Waals surface area contributed by atoms with Crippen molar-refractivity contribution >= 4 is 23.4 Å². The number of fused-ring (bicyclic) bond motifs is 1. The van der Waals surface area contributed by atoms with E-state index in [9.17, 15) is 0 Å². The van der Waals surface area contributed by atoms with Gasteiger partial charge in [-0.25, -0.2) is 9.97 Å². The molecule has 1 aliphatic rings. The maximum absolute atomic E-state index is 5.99. The van der Waals surface area contributed by atoms with E-state index in [1.807, 2.05) is 18.2 Å². The minimum absolute atomic E-state index is 0.765. The van der Waals surface area contributed by atoms with E-state index in [2.05, 4.69) is 28.3 Å². The topological polar surface area (TPSA) is 37.8 Å². The molecule has 0 radical (unpaired) electrons. The second kappa shape index (κ2) is 6.12. The Morgan fingerprint density at radius 2 is 2.25 bits per heavy atom. The molecule has 0 aliphatic carbocycles. The van der Waals surface area contributed by atoms with Crippen molar-refractivity contribution in [1.82, 2.24) is 15.3 Å². The number of hydrogen-bond donors (Lipinski definition) is 1. The van der Waals surface area contributed by atoms with E-state index in [0.717, 1.165) is 52.4 Å². The van der Waals surface area contributed by atoms with Gasteiger partial charge >= 0.3 is 0 Å². The van der Waals surface area contributed by atoms with E-state index in [1.165, 1.54) is 5.56 Å². The molecule has 104 valence electrons. The molecule has 0 spiro atoms. The lowest BCUT2D eigenvalue weighted by molar-refractivity contribution is 0.614. The Bertz CT molecular complexity index is 631. The number of thioether (sulfide) groups is 1. The third-order valence-electron chi connectivity index (χ3n) is 3.35. The number of benzene rings is 1. The minimum Gasteiger partial charge on any atom is -0.311 e. The van der Waals surface area contributed by atoms with Gasteiger partial charge in [-0.3, -0.25) is 0 Å². The van der Waals surface area contributed by atoms with Crippen LogP contribution in [0, 0.1) is 6.92 Å². The van der Waals surface area contributed by atoms with Crippen LogP contribution in [-0.4, -0.2) is 16.5 Å². The van der Waals surface area contributed by atoms with Crippen LogP contribution in [0.4, 0.5) is 0 Å². The number of aryl methyl sites for hydroxylation is 1. The fourth-order valence-electron chi connectivity index (χ4n) is 2.38. The van der Waals surface area contributed by atoms with Crippen molar-refractivity contribution in [3.63, 3.8) is 0 Å². The van der Waals surface area contributed by atoms with Crippen LogP contribution in [0.25, 0.3) is 0 Å². The minimum atomic E-state index is 0.765. The molecule has 3 nitrogen and oxygen atoms in total. The number of nitrogens with one attached hydrogen (secondary N) is 1. The van der Waals surface area contributed by atoms with Crippen molar-refractivity contribution in [2.24, 2.45) is 0 Å². The molecule has 0 unspecified atom stereocenters. The van der Waals surface area contributed by atoms with Crippen LogP contribution in [0.1, 0.15) is 22.8 Å². The van der Waals surface area contributed by atoms with Crippen molar-refractivity contribution in [3.8, 4) is 0 Å². The van der Waals surface area contributed by atoms with Gasteiger partial charge in [0.15, 0.2) is 0 Å². The molecule has 1 aromatic carbocycles. The summed E-state index contributed by atoms with van der Waals surface area (Å²) in [5.41, 5.74) is 3.60. The Hall–Kier alpha value is -1.10. The molecule has 0 amide bonds. The van der Waals surface area contributed by atoms with Crippen LogP contribution < -0.4 is 5.32 Å². The number of rotatable bonds is 3. The molecule has 0 saturated carbocycles. The Kier molecular flexibility index (Phi) is 4.24. The molecule has 1 N–H and O–H groups in total. The number of aromatic nitrogens is 2. The van der Waals surface area contributed by atoms with Crippen LogP contribution >= 0.6 is 23.4 Å². The predicted octanol–water partition coefficient (Wildman–Crippen LogP) is 3.38. The van der Waals surface area contributed by atoms with Gasteiger partial charge in [0, 0.05) is 22.2 Å². The van der Waals surface area contributed by atoms with Crippen molar-refractivity contribution in [2.45, 2.75) is 30.5 Å². The van der Waals surface area contributed by atoms with Crippen LogP contribution in [-0.2, 0) is 18.7 Å². The largest absolute Gasteiger partial charge is 0.311 e.